The maximum absolute atomic E-state index is 3.93. The molecule has 2 aliphatic heterocycles. The second kappa shape index (κ2) is 10.4. The van der Waals surface area contributed by atoms with Crippen LogP contribution in [0.15, 0.2) is 91.0 Å². The number of nitrogens with one attached hydrogen (secondary N) is 1. The van der Waals surface area contributed by atoms with Gasteiger partial charge in [0.05, 0.1) is 6.04 Å². The fourth-order valence-corrected chi connectivity index (χ4v) is 5.31. The Balaban J connectivity index is 1.15. The average Bonchev–Trinajstić information content (AvgIpc) is 2.84. The van der Waals surface area contributed by atoms with Crippen molar-refractivity contribution in [3.05, 3.63) is 108 Å². The lowest BCUT2D eigenvalue weighted by molar-refractivity contribution is 0.0527. The van der Waals surface area contributed by atoms with Crippen LogP contribution in [0.3, 0.4) is 0 Å². The topological polar surface area (TPSA) is 18.5 Å². The quantitative estimate of drug-likeness (QED) is 0.541. The van der Waals surface area contributed by atoms with E-state index < -0.39 is 0 Å². The Hall–Kier alpha value is -2.46. The van der Waals surface area contributed by atoms with Crippen molar-refractivity contribution in [3.8, 4) is 0 Å². The molecule has 32 heavy (non-hydrogen) atoms. The van der Waals surface area contributed by atoms with Crippen LogP contribution in [-0.4, -0.2) is 48.1 Å². The van der Waals surface area contributed by atoms with E-state index in [1.807, 2.05) is 0 Å². The molecule has 166 valence electrons. The molecule has 2 saturated heterocycles. The molecule has 2 heterocycles. The van der Waals surface area contributed by atoms with Gasteiger partial charge in [0.1, 0.15) is 0 Å². The van der Waals surface area contributed by atoms with E-state index in [-0.39, 0.29) is 0 Å². The molecule has 3 aromatic rings. The minimum absolute atomic E-state index is 0.352. The summed E-state index contributed by atoms with van der Waals surface area (Å²) in [5.41, 5.74) is 4.23. The number of piperidine rings is 1. The molecule has 0 aliphatic carbocycles. The highest BCUT2D eigenvalue weighted by Gasteiger charge is 2.35. The molecule has 2 aliphatic rings. The minimum Gasteiger partial charge on any atom is -0.312 e. The predicted molar refractivity (Wildman–Crippen MR) is 133 cm³/mol. The first-order valence-electron chi connectivity index (χ1n) is 12.2. The molecule has 1 N–H and O–H groups in total. The van der Waals surface area contributed by atoms with Gasteiger partial charge >= 0.3 is 0 Å². The van der Waals surface area contributed by atoms with Crippen molar-refractivity contribution < 1.29 is 0 Å². The van der Waals surface area contributed by atoms with Crippen LogP contribution in [0.1, 0.15) is 42.0 Å². The van der Waals surface area contributed by atoms with E-state index in [9.17, 15) is 0 Å². The zero-order valence-electron chi connectivity index (χ0n) is 18.9. The van der Waals surface area contributed by atoms with Crippen molar-refractivity contribution in [1.29, 1.82) is 0 Å². The highest BCUT2D eigenvalue weighted by molar-refractivity contribution is 5.32. The summed E-state index contributed by atoms with van der Waals surface area (Å²) in [6, 6.07) is 34.5. The highest BCUT2D eigenvalue weighted by atomic mass is 15.3. The summed E-state index contributed by atoms with van der Waals surface area (Å²) in [4.78, 5) is 5.30. The molecule has 0 unspecified atom stereocenters. The number of benzene rings is 3. The third-order valence-electron chi connectivity index (χ3n) is 7.23. The van der Waals surface area contributed by atoms with E-state index in [4.69, 9.17) is 0 Å². The van der Waals surface area contributed by atoms with Gasteiger partial charge in [0.25, 0.3) is 0 Å². The molecule has 5 rings (SSSR count). The molecule has 0 saturated carbocycles. The number of likely N-dealkylation sites (tertiary alicyclic amines) is 2. The van der Waals surface area contributed by atoms with Gasteiger partial charge in [-0.1, -0.05) is 91.0 Å². The summed E-state index contributed by atoms with van der Waals surface area (Å²) in [5.74, 6) is 0. The Bertz CT molecular complexity index is 896. The number of rotatable bonds is 8. The van der Waals surface area contributed by atoms with Crippen LogP contribution in [0.5, 0.6) is 0 Å². The Morgan fingerprint density at radius 3 is 1.78 bits per heavy atom. The van der Waals surface area contributed by atoms with Gasteiger partial charge < -0.3 is 5.32 Å². The fraction of sp³-hybridized carbons (Fsp3) is 0.379. The van der Waals surface area contributed by atoms with Crippen LogP contribution in [0, 0.1) is 0 Å². The fourth-order valence-electron chi connectivity index (χ4n) is 5.31. The van der Waals surface area contributed by atoms with E-state index in [0.29, 0.717) is 18.1 Å². The lowest BCUT2D eigenvalue weighted by atomic mass is 9.90. The molecule has 0 aromatic heterocycles. The summed E-state index contributed by atoms with van der Waals surface area (Å²) in [5, 5.41) is 3.93. The normalized spacial score (nSPS) is 20.3. The van der Waals surface area contributed by atoms with Crippen LogP contribution in [-0.2, 0) is 6.54 Å². The van der Waals surface area contributed by atoms with E-state index in [2.05, 4.69) is 106 Å². The van der Waals surface area contributed by atoms with Gasteiger partial charge in [-0.15, -0.1) is 0 Å². The maximum atomic E-state index is 3.93. The molecular weight excluding hydrogens is 390 g/mol. The predicted octanol–water partition coefficient (Wildman–Crippen LogP) is 5.10. The van der Waals surface area contributed by atoms with Gasteiger partial charge in [0, 0.05) is 31.7 Å². The summed E-state index contributed by atoms with van der Waals surface area (Å²) in [6.45, 7) is 5.74. The van der Waals surface area contributed by atoms with Crippen LogP contribution in [0.4, 0.5) is 0 Å². The standard InChI is InChI=1S/C29H35N3/c1-4-10-24(11-5-1)23-31-19-16-27(17-20-31)30-22-28-18-21-32(28)29(25-12-6-2-7-13-25)26-14-8-3-9-15-26/h1-15,27-30H,16-23H2/t28-/m1/s1. The van der Waals surface area contributed by atoms with Crippen LogP contribution in [0.25, 0.3) is 0 Å². The molecule has 2 fully saturated rings. The van der Waals surface area contributed by atoms with Gasteiger partial charge in [-0.3, -0.25) is 9.80 Å². The highest BCUT2D eigenvalue weighted by Crippen LogP contribution is 2.35. The van der Waals surface area contributed by atoms with Crippen molar-refractivity contribution in [2.75, 3.05) is 26.2 Å². The molecule has 0 bridgehead atoms. The molecule has 0 amide bonds. The van der Waals surface area contributed by atoms with E-state index >= 15 is 0 Å². The first kappa shape index (κ1) is 21.4. The number of nitrogens with zero attached hydrogens (tertiary/aromatic N) is 2. The smallest absolute Gasteiger partial charge is 0.0604 e. The Labute approximate surface area is 193 Å². The summed E-state index contributed by atoms with van der Waals surface area (Å²) in [7, 11) is 0. The monoisotopic (exact) mass is 425 g/mol. The first-order chi connectivity index (χ1) is 15.9. The molecular formula is C29H35N3. The van der Waals surface area contributed by atoms with Crippen LogP contribution < -0.4 is 5.32 Å². The minimum atomic E-state index is 0.352. The Morgan fingerprint density at radius 2 is 1.25 bits per heavy atom. The van der Waals surface area contributed by atoms with Crippen molar-refractivity contribution >= 4 is 0 Å². The number of hydrogen-bond acceptors (Lipinski definition) is 3. The van der Waals surface area contributed by atoms with Crippen molar-refractivity contribution in [2.45, 2.75) is 43.9 Å². The molecule has 3 heteroatoms. The lowest BCUT2D eigenvalue weighted by Crippen LogP contribution is -2.56. The lowest BCUT2D eigenvalue weighted by Gasteiger charge is -2.47. The van der Waals surface area contributed by atoms with Crippen molar-refractivity contribution in [2.24, 2.45) is 0 Å². The summed E-state index contributed by atoms with van der Waals surface area (Å²) < 4.78 is 0. The molecule has 0 radical (unpaired) electrons. The Morgan fingerprint density at radius 1 is 0.688 bits per heavy atom. The average molecular weight is 426 g/mol. The largest absolute Gasteiger partial charge is 0.312 e. The first-order valence-corrected chi connectivity index (χ1v) is 12.2. The van der Waals surface area contributed by atoms with Gasteiger partial charge in [-0.25, -0.2) is 0 Å². The summed E-state index contributed by atoms with van der Waals surface area (Å²) >= 11 is 0. The van der Waals surface area contributed by atoms with Crippen LogP contribution >= 0.6 is 0 Å². The zero-order valence-corrected chi connectivity index (χ0v) is 18.9. The third-order valence-corrected chi connectivity index (χ3v) is 7.23. The SMILES string of the molecule is c1ccc(CN2CCC(NC[C@H]3CCN3C(c3ccccc3)c3ccccc3)CC2)cc1. The third kappa shape index (κ3) is 5.12. The van der Waals surface area contributed by atoms with Crippen LogP contribution in [0.2, 0.25) is 0 Å². The van der Waals surface area contributed by atoms with E-state index in [0.717, 1.165) is 13.1 Å². The van der Waals surface area contributed by atoms with Gasteiger partial charge in [-0.05, 0) is 49.0 Å². The van der Waals surface area contributed by atoms with Gasteiger partial charge in [-0.2, -0.15) is 0 Å². The maximum Gasteiger partial charge on any atom is 0.0604 e. The zero-order chi connectivity index (χ0) is 21.6. The number of hydrogen-bond donors (Lipinski definition) is 1. The second-order valence-corrected chi connectivity index (χ2v) is 9.35. The molecule has 1 atom stereocenters. The van der Waals surface area contributed by atoms with E-state index in [1.165, 1.54) is 55.6 Å². The molecule has 0 spiro atoms. The van der Waals surface area contributed by atoms with Crippen molar-refractivity contribution in [1.82, 2.24) is 15.1 Å². The molecule has 3 nitrogen and oxygen atoms in total. The molecule has 3 aromatic carbocycles. The Kier molecular flexibility index (Phi) is 6.98. The second-order valence-electron chi connectivity index (χ2n) is 9.35. The van der Waals surface area contributed by atoms with E-state index in [1.54, 1.807) is 0 Å². The summed E-state index contributed by atoms with van der Waals surface area (Å²) in [6.07, 6.45) is 3.79. The van der Waals surface area contributed by atoms with Crippen molar-refractivity contribution in [3.63, 3.8) is 0 Å². The van der Waals surface area contributed by atoms with Gasteiger partial charge in [0.2, 0.25) is 0 Å². The van der Waals surface area contributed by atoms with Gasteiger partial charge in [0.15, 0.2) is 0 Å².